The second-order valence-electron chi connectivity index (χ2n) is 6.56. The predicted molar refractivity (Wildman–Crippen MR) is 102 cm³/mol. The molecule has 0 bridgehead atoms. The molecule has 2 nitrogen and oxygen atoms in total. The van der Waals surface area contributed by atoms with Gasteiger partial charge in [0.15, 0.2) is 0 Å². The van der Waals surface area contributed by atoms with E-state index in [1.54, 1.807) is 0 Å². The predicted octanol–water partition coefficient (Wildman–Crippen LogP) is 5.38. The second-order valence-corrected chi connectivity index (χ2v) is 6.56. The molecular weight excluding hydrogens is 268 g/mol. The molecule has 4 aliphatic rings. The van der Waals surface area contributed by atoms with E-state index in [9.17, 15) is 0 Å². The Balaban J connectivity index is 0.000000305. The highest BCUT2D eigenvalue weighted by Crippen LogP contribution is 2.47. The lowest BCUT2D eigenvalue weighted by Crippen LogP contribution is -2.57. The fourth-order valence-electron chi connectivity index (χ4n) is 3.64. The third kappa shape index (κ3) is 6.20. The average molecular weight is 313 g/mol. The van der Waals surface area contributed by atoms with Crippen molar-refractivity contribution < 1.29 is 0 Å². The van der Waals surface area contributed by atoms with E-state index in [0.717, 1.165) is 10.8 Å². The fourth-order valence-corrected chi connectivity index (χ4v) is 3.64. The van der Waals surface area contributed by atoms with Crippen molar-refractivity contribution in [3.05, 3.63) is 0 Å². The summed E-state index contributed by atoms with van der Waals surface area (Å²) in [7, 11) is 0. The summed E-state index contributed by atoms with van der Waals surface area (Å²) in [5, 5.41) is 6.71. The van der Waals surface area contributed by atoms with Crippen LogP contribution in [0.5, 0.6) is 0 Å². The molecule has 0 radical (unpaired) electrons. The van der Waals surface area contributed by atoms with Gasteiger partial charge in [-0.2, -0.15) is 0 Å². The zero-order valence-corrected chi connectivity index (χ0v) is 16.5. The van der Waals surface area contributed by atoms with Crippen LogP contribution in [0.4, 0.5) is 0 Å². The van der Waals surface area contributed by atoms with Crippen molar-refractivity contribution in [2.75, 3.05) is 26.2 Å². The molecule has 2 heteroatoms. The van der Waals surface area contributed by atoms with Gasteiger partial charge in [0, 0.05) is 13.1 Å². The van der Waals surface area contributed by atoms with Crippen LogP contribution in [-0.2, 0) is 0 Å². The van der Waals surface area contributed by atoms with Crippen LogP contribution in [-0.4, -0.2) is 26.2 Å². The molecule has 134 valence electrons. The summed E-state index contributed by atoms with van der Waals surface area (Å²) in [5.41, 5.74) is 1.67. The fraction of sp³-hybridized carbons (Fsp3) is 1.00. The van der Waals surface area contributed by atoms with Crippen LogP contribution in [0.15, 0.2) is 0 Å². The standard InChI is InChI=1S/C8H15N.C6H11N.3C2H6/c1-2-8(3-1)4-6-9-7-5-8;1-2-6(3-1)4-7-5-6;3*1-2/h9H,1-7H2;7H,1-5H2;3*1-2H3. The van der Waals surface area contributed by atoms with E-state index in [1.165, 1.54) is 77.5 Å². The maximum atomic E-state index is 3.41. The summed E-state index contributed by atoms with van der Waals surface area (Å²) in [4.78, 5) is 0. The van der Waals surface area contributed by atoms with Crippen molar-refractivity contribution in [2.45, 2.75) is 92.9 Å². The third-order valence-corrected chi connectivity index (χ3v) is 5.49. The summed E-state index contributed by atoms with van der Waals surface area (Å²) >= 11 is 0. The SMILES string of the molecule is C1CC2(C1)CCNCC2.C1CC2(C1)CNC2.CC.CC.CC. The Labute approximate surface area is 141 Å². The number of hydrogen-bond acceptors (Lipinski definition) is 2. The topological polar surface area (TPSA) is 24.1 Å². The summed E-state index contributed by atoms with van der Waals surface area (Å²) in [6, 6.07) is 0. The normalized spacial score (nSPS) is 24.8. The molecule has 4 fully saturated rings. The molecule has 2 aliphatic heterocycles. The monoisotopic (exact) mass is 312 g/mol. The Hall–Kier alpha value is -0.0800. The second kappa shape index (κ2) is 12.4. The van der Waals surface area contributed by atoms with Crippen LogP contribution < -0.4 is 10.6 Å². The zero-order chi connectivity index (χ0) is 16.9. The van der Waals surface area contributed by atoms with Gasteiger partial charge in [0.2, 0.25) is 0 Å². The van der Waals surface area contributed by atoms with Crippen LogP contribution in [0.25, 0.3) is 0 Å². The van der Waals surface area contributed by atoms with Crippen molar-refractivity contribution in [1.29, 1.82) is 0 Å². The van der Waals surface area contributed by atoms with Gasteiger partial charge in [0.1, 0.15) is 0 Å². The lowest BCUT2D eigenvalue weighted by Gasteiger charge is -2.49. The highest BCUT2D eigenvalue weighted by atomic mass is 15.0. The molecule has 2 N–H and O–H groups in total. The molecule has 0 aromatic rings. The highest BCUT2D eigenvalue weighted by molar-refractivity contribution is 4.97. The first kappa shape index (κ1) is 21.9. The summed E-state index contributed by atoms with van der Waals surface area (Å²) in [6.45, 7) is 17.2. The molecule has 2 aliphatic carbocycles. The molecule has 2 saturated carbocycles. The zero-order valence-electron chi connectivity index (χ0n) is 16.5. The van der Waals surface area contributed by atoms with Crippen molar-refractivity contribution in [1.82, 2.24) is 10.6 Å². The van der Waals surface area contributed by atoms with Crippen LogP contribution in [0, 0.1) is 10.8 Å². The summed E-state index contributed by atoms with van der Waals surface area (Å²) in [6.07, 6.45) is 11.9. The van der Waals surface area contributed by atoms with E-state index < -0.39 is 0 Å². The molecule has 0 unspecified atom stereocenters. The first-order valence-corrected chi connectivity index (χ1v) is 10.2. The molecule has 4 rings (SSSR count). The van der Waals surface area contributed by atoms with E-state index in [0.29, 0.717) is 0 Å². The van der Waals surface area contributed by atoms with Gasteiger partial charge in [-0.1, -0.05) is 54.4 Å². The van der Waals surface area contributed by atoms with Gasteiger partial charge < -0.3 is 10.6 Å². The van der Waals surface area contributed by atoms with Crippen LogP contribution in [0.1, 0.15) is 92.9 Å². The average Bonchev–Trinajstić information content (AvgIpc) is 2.50. The van der Waals surface area contributed by atoms with E-state index >= 15 is 0 Å². The van der Waals surface area contributed by atoms with Crippen molar-refractivity contribution >= 4 is 0 Å². The molecule has 0 amide bonds. The molecule has 2 saturated heterocycles. The summed E-state index contributed by atoms with van der Waals surface area (Å²) < 4.78 is 0. The molecule has 22 heavy (non-hydrogen) atoms. The van der Waals surface area contributed by atoms with Crippen molar-refractivity contribution in [3.8, 4) is 0 Å². The van der Waals surface area contributed by atoms with Crippen LogP contribution >= 0.6 is 0 Å². The lowest BCUT2D eigenvalue weighted by molar-refractivity contribution is 0.0603. The van der Waals surface area contributed by atoms with Gasteiger partial charge in [-0.05, 0) is 62.4 Å². The molecule has 0 atom stereocenters. The van der Waals surface area contributed by atoms with E-state index in [4.69, 9.17) is 0 Å². The van der Waals surface area contributed by atoms with E-state index in [1.807, 2.05) is 41.5 Å². The first-order chi connectivity index (χ1) is 10.8. The maximum absolute atomic E-state index is 3.41. The van der Waals surface area contributed by atoms with Gasteiger partial charge in [-0.25, -0.2) is 0 Å². The molecule has 0 aromatic carbocycles. The largest absolute Gasteiger partial charge is 0.317 e. The molecule has 2 heterocycles. The van der Waals surface area contributed by atoms with Crippen molar-refractivity contribution in [3.63, 3.8) is 0 Å². The maximum Gasteiger partial charge on any atom is 0.00202 e. The number of hydrogen-bond donors (Lipinski definition) is 2. The van der Waals surface area contributed by atoms with Gasteiger partial charge in [-0.3, -0.25) is 0 Å². The Bertz CT molecular complexity index is 215. The number of nitrogens with one attached hydrogen (secondary N) is 2. The first-order valence-electron chi connectivity index (χ1n) is 10.2. The van der Waals surface area contributed by atoms with Gasteiger partial charge >= 0.3 is 0 Å². The minimum absolute atomic E-state index is 0.833. The van der Waals surface area contributed by atoms with Crippen molar-refractivity contribution in [2.24, 2.45) is 10.8 Å². The van der Waals surface area contributed by atoms with E-state index in [2.05, 4.69) is 10.6 Å². The third-order valence-electron chi connectivity index (χ3n) is 5.49. The van der Waals surface area contributed by atoms with Gasteiger partial charge in [0.05, 0.1) is 0 Å². The minimum atomic E-state index is 0.833. The number of rotatable bonds is 0. The quantitative estimate of drug-likeness (QED) is 0.627. The molecular formula is C20H44N2. The summed E-state index contributed by atoms with van der Waals surface area (Å²) in [5.74, 6) is 0. The Morgan fingerprint density at radius 2 is 0.909 bits per heavy atom. The van der Waals surface area contributed by atoms with Gasteiger partial charge in [0.25, 0.3) is 0 Å². The molecule has 0 aromatic heterocycles. The number of piperidine rings is 1. The Kier molecular flexibility index (Phi) is 12.3. The van der Waals surface area contributed by atoms with E-state index in [-0.39, 0.29) is 0 Å². The van der Waals surface area contributed by atoms with Crippen LogP contribution in [0.3, 0.4) is 0 Å². The lowest BCUT2D eigenvalue weighted by atomic mass is 9.63. The minimum Gasteiger partial charge on any atom is -0.317 e. The Morgan fingerprint density at radius 1 is 0.500 bits per heavy atom. The Morgan fingerprint density at radius 3 is 1.05 bits per heavy atom. The van der Waals surface area contributed by atoms with Crippen LogP contribution in [0.2, 0.25) is 0 Å². The smallest absolute Gasteiger partial charge is 0.00202 e. The van der Waals surface area contributed by atoms with Gasteiger partial charge in [-0.15, -0.1) is 0 Å². The molecule has 2 spiro atoms. The highest BCUT2D eigenvalue weighted by Gasteiger charge is 2.41.